The lowest BCUT2D eigenvalue weighted by Gasteiger charge is -2.24. The van der Waals surface area contributed by atoms with Gasteiger partial charge in [0.15, 0.2) is 0 Å². The molecular formula is C35H38FNO3. The van der Waals surface area contributed by atoms with Gasteiger partial charge < -0.3 is 9.64 Å². The molecule has 0 bridgehead atoms. The van der Waals surface area contributed by atoms with Crippen molar-refractivity contribution < 1.29 is 18.7 Å². The molecule has 4 nitrogen and oxygen atoms in total. The predicted molar refractivity (Wildman–Crippen MR) is 158 cm³/mol. The van der Waals surface area contributed by atoms with Crippen molar-refractivity contribution in [2.24, 2.45) is 5.92 Å². The largest absolute Gasteiger partial charge is 0.465 e. The Labute approximate surface area is 237 Å². The Balaban J connectivity index is 1.48. The van der Waals surface area contributed by atoms with Crippen LogP contribution in [0.15, 0.2) is 66.7 Å². The minimum absolute atomic E-state index is 0.0524. The third-order valence-corrected chi connectivity index (χ3v) is 7.63. The molecule has 0 N–H and O–H groups in total. The van der Waals surface area contributed by atoms with Crippen molar-refractivity contribution in [1.29, 1.82) is 0 Å². The van der Waals surface area contributed by atoms with E-state index in [1.165, 1.54) is 63.3 Å². The number of hydrogen-bond donors (Lipinski definition) is 0. The van der Waals surface area contributed by atoms with E-state index < -0.39 is 11.8 Å². The second-order valence-corrected chi connectivity index (χ2v) is 10.6. The summed E-state index contributed by atoms with van der Waals surface area (Å²) in [6, 6.07) is 20.4. The number of methoxy groups -OCH3 is 1. The highest BCUT2D eigenvalue weighted by atomic mass is 19.1. The second-order valence-electron chi connectivity index (χ2n) is 10.6. The maximum absolute atomic E-state index is 14.8. The minimum Gasteiger partial charge on any atom is -0.465 e. The van der Waals surface area contributed by atoms with Crippen LogP contribution in [0, 0.1) is 23.6 Å². The van der Waals surface area contributed by atoms with E-state index in [1.807, 2.05) is 24.3 Å². The summed E-state index contributed by atoms with van der Waals surface area (Å²) in [5.74, 6) is 5.52. The molecular weight excluding hydrogens is 501 g/mol. The maximum atomic E-state index is 14.8. The van der Waals surface area contributed by atoms with E-state index in [0.717, 1.165) is 29.5 Å². The van der Waals surface area contributed by atoms with E-state index in [2.05, 4.69) is 47.8 Å². The number of carbonyl (C=O) groups is 2. The summed E-state index contributed by atoms with van der Waals surface area (Å²) in [7, 11) is 1.22. The molecule has 0 radical (unpaired) electrons. The normalized spacial score (nSPS) is 13.0. The Morgan fingerprint density at radius 3 is 2.12 bits per heavy atom. The number of nitrogens with zero attached hydrogens (tertiary/aromatic N) is 1. The zero-order valence-electron chi connectivity index (χ0n) is 23.5. The molecule has 0 spiro atoms. The average molecular weight is 540 g/mol. The summed E-state index contributed by atoms with van der Waals surface area (Å²) in [6.45, 7) is 2.49. The van der Waals surface area contributed by atoms with Crippen LogP contribution in [0.3, 0.4) is 0 Å². The van der Waals surface area contributed by atoms with Crippen molar-refractivity contribution in [3.63, 3.8) is 0 Å². The van der Waals surface area contributed by atoms with Gasteiger partial charge in [-0.25, -0.2) is 9.18 Å². The molecule has 4 rings (SSSR count). The molecule has 40 heavy (non-hydrogen) atoms. The monoisotopic (exact) mass is 539 g/mol. The molecule has 0 aromatic heterocycles. The van der Waals surface area contributed by atoms with Crippen LogP contribution in [-0.2, 0) is 22.5 Å². The van der Waals surface area contributed by atoms with Gasteiger partial charge in [0.05, 0.1) is 19.2 Å². The first-order valence-electron chi connectivity index (χ1n) is 14.3. The topological polar surface area (TPSA) is 46.6 Å². The van der Waals surface area contributed by atoms with Crippen molar-refractivity contribution in [1.82, 2.24) is 0 Å². The number of aryl methyl sites for hydroxylation is 1. The number of esters is 1. The molecule has 0 aliphatic heterocycles. The summed E-state index contributed by atoms with van der Waals surface area (Å²) in [5.41, 5.74) is 4.37. The van der Waals surface area contributed by atoms with Gasteiger partial charge in [-0.1, -0.05) is 75.1 Å². The van der Waals surface area contributed by atoms with Gasteiger partial charge in [-0.05, 0) is 78.8 Å². The number of anilines is 1. The van der Waals surface area contributed by atoms with Crippen molar-refractivity contribution in [3.8, 4) is 11.8 Å². The highest BCUT2D eigenvalue weighted by Gasteiger charge is 2.22. The number of unbranched alkanes of at least 4 members (excludes halogenated alkanes) is 1. The third-order valence-electron chi connectivity index (χ3n) is 7.63. The van der Waals surface area contributed by atoms with E-state index in [0.29, 0.717) is 24.6 Å². The smallest absolute Gasteiger partial charge is 0.340 e. The molecule has 0 atom stereocenters. The summed E-state index contributed by atoms with van der Waals surface area (Å²) in [4.78, 5) is 26.9. The standard InChI is InChI=1S/C35H38FNO3/c1-3-4-7-27-10-12-28(13-11-27)14-15-29-16-18-30(19-17-29)25-37(34(38)23-20-26-8-5-6-9-26)31-21-22-32(33(36)24-31)35(39)40-2/h10-13,16-19,21-22,24,26H,3-9,20,23,25H2,1-2H3. The quantitative estimate of drug-likeness (QED) is 0.195. The van der Waals surface area contributed by atoms with E-state index in [9.17, 15) is 14.0 Å². The van der Waals surface area contributed by atoms with Crippen molar-refractivity contribution in [2.45, 2.75) is 71.3 Å². The van der Waals surface area contributed by atoms with Crippen LogP contribution in [0.4, 0.5) is 10.1 Å². The number of benzene rings is 3. The predicted octanol–water partition coefficient (Wildman–Crippen LogP) is 7.86. The van der Waals surface area contributed by atoms with Crippen molar-refractivity contribution in [3.05, 3.63) is 100 Å². The lowest BCUT2D eigenvalue weighted by atomic mass is 10.0. The molecule has 3 aromatic rings. The fraction of sp³-hybridized carbons (Fsp3) is 0.371. The lowest BCUT2D eigenvalue weighted by Crippen LogP contribution is -2.30. The number of ether oxygens (including phenoxy) is 1. The summed E-state index contributed by atoms with van der Waals surface area (Å²) >= 11 is 0. The Kier molecular flexibility index (Phi) is 10.5. The molecule has 1 saturated carbocycles. The van der Waals surface area contributed by atoms with Crippen LogP contribution in [0.5, 0.6) is 0 Å². The Morgan fingerprint density at radius 1 is 0.925 bits per heavy atom. The summed E-state index contributed by atoms with van der Waals surface area (Å²) < 4.78 is 19.4. The minimum atomic E-state index is -0.743. The number of carbonyl (C=O) groups excluding carboxylic acids is 2. The van der Waals surface area contributed by atoms with E-state index in [4.69, 9.17) is 0 Å². The average Bonchev–Trinajstić information content (AvgIpc) is 3.51. The highest BCUT2D eigenvalue weighted by molar-refractivity contribution is 5.95. The van der Waals surface area contributed by atoms with Crippen molar-refractivity contribution >= 4 is 17.6 Å². The molecule has 1 amide bonds. The lowest BCUT2D eigenvalue weighted by molar-refractivity contribution is -0.119. The SMILES string of the molecule is CCCCc1ccc(C#Cc2ccc(CN(C(=O)CCC3CCCC3)c3ccc(C(=O)OC)c(F)c3)cc2)cc1. The van der Waals surface area contributed by atoms with Crippen LogP contribution in [0.2, 0.25) is 0 Å². The number of hydrogen-bond acceptors (Lipinski definition) is 3. The van der Waals surface area contributed by atoms with E-state index in [-0.39, 0.29) is 11.5 Å². The first kappa shape index (κ1) is 29.1. The van der Waals surface area contributed by atoms with E-state index >= 15 is 0 Å². The van der Waals surface area contributed by atoms with Gasteiger partial charge in [-0.2, -0.15) is 0 Å². The Morgan fingerprint density at radius 2 is 1.55 bits per heavy atom. The Hall–Kier alpha value is -3.91. The van der Waals surface area contributed by atoms with Crippen LogP contribution in [0.1, 0.15) is 90.9 Å². The Bertz CT molecular complexity index is 1350. The van der Waals surface area contributed by atoms with Crippen LogP contribution >= 0.6 is 0 Å². The summed E-state index contributed by atoms with van der Waals surface area (Å²) in [6.07, 6.45) is 9.50. The molecule has 0 heterocycles. The molecule has 0 unspecified atom stereocenters. The van der Waals surface area contributed by atoms with Gasteiger partial charge in [-0.3, -0.25) is 4.79 Å². The zero-order valence-corrected chi connectivity index (χ0v) is 23.5. The van der Waals surface area contributed by atoms with Crippen LogP contribution in [0.25, 0.3) is 0 Å². The van der Waals surface area contributed by atoms with Crippen molar-refractivity contribution in [2.75, 3.05) is 12.0 Å². The van der Waals surface area contributed by atoms with Gasteiger partial charge in [0.1, 0.15) is 5.82 Å². The second kappa shape index (κ2) is 14.5. The maximum Gasteiger partial charge on any atom is 0.340 e. The number of amides is 1. The molecule has 1 aliphatic rings. The molecule has 0 saturated heterocycles. The first-order valence-corrected chi connectivity index (χ1v) is 14.3. The fourth-order valence-corrected chi connectivity index (χ4v) is 5.19. The van der Waals surface area contributed by atoms with Gasteiger partial charge in [0.2, 0.25) is 5.91 Å². The van der Waals surface area contributed by atoms with Crippen LogP contribution < -0.4 is 4.90 Å². The fourth-order valence-electron chi connectivity index (χ4n) is 5.19. The zero-order chi connectivity index (χ0) is 28.3. The molecule has 1 aliphatic carbocycles. The number of rotatable bonds is 10. The first-order chi connectivity index (χ1) is 19.5. The van der Waals surface area contributed by atoms with Crippen LogP contribution in [-0.4, -0.2) is 19.0 Å². The van der Waals surface area contributed by atoms with Gasteiger partial charge >= 0.3 is 5.97 Å². The third kappa shape index (κ3) is 8.05. The molecule has 208 valence electrons. The number of halogens is 1. The molecule has 5 heteroatoms. The highest BCUT2D eigenvalue weighted by Crippen LogP contribution is 2.30. The summed E-state index contributed by atoms with van der Waals surface area (Å²) in [5, 5.41) is 0. The van der Waals surface area contributed by atoms with Gasteiger partial charge in [0, 0.05) is 23.2 Å². The van der Waals surface area contributed by atoms with Gasteiger partial charge in [0.25, 0.3) is 0 Å². The molecule has 1 fully saturated rings. The van der Waals surface area contributed by atoms with Gasteiger partial charge in [-0.15, -0.1) is 0 Å². The molecule has 3 aromatic carbocycles. The van der Waals surface area contributed by atoms with E-state index in [1.54, 1.807) is 11.0 Å².